The van der Waals surface area contributed by atoms with Gasteiger partial charge in [-0.15, -0.1) is 0 Å². The van der Waals surface area contributed by atoms with E-state index in [1.54, 1.807) is 0 Å². The number of amides is 1. The summed E-state index contributed by atoms with van der Waals surface area (Å²) >= 11 is 0. The van der Waals surface area contributed by atoms with Gasteiger partial charge in [0.15, 0.2) is 11.5 Å². The fraction of sp³-hybridized carbons (Fsp3) is 0.240. The fourth-order valence-electron chi connectivity index (χ4n) is 3.49. The molecule has 4 nitrogen and oxygen atoms in total. The average Bonchev–Trinajstić information content (AvgIpc) is 3.06. The first-order valence-corrected chi connectivity index (χ1v) is 9.85. The van der Waals surface area contributed by atoms with Crippen molar-refractivity contribution in [1.82, 2.24) is 5.32 Å². The Bertz CT molecular complexity index is 994. The highest BCUT2D eigenvalue weighted by Crippen LogP contribution is 2.41. The second-order valence-corrected chi connectivity index (χ2v) is 7.94. The van der Waals surface area contributed by atoms with Gasteiger partial charge in [0.2, 0.25) is 0 Å². The number of benzene rings is 3. The number of para-hydroxylation sites is 1. The van der Waals surface area contributed by atoms with E-state index in [1.165, 1.54) is 5.56 Å². The predicted molar refractivity (Wildman–Crippen MR) is 113 cm³/mol. The summed E-state index contributed by atoms with van der Waals surface area (Å²) in [5.74, 6) is 1.52. The van der Waals surface area contributed by atoms with E-state index in [1.807, 2.05) is 66.7 Å². The zero-order chi connectivity index (χ0) is 20.3. The van der Waals surface area contributed by atoms with Crippen molar-refractivity contribution in [2.75, 3.05) is 0 Å². The van der Waals surface area contributed by atoms with Crippen LogP contribution in [0.4, 0.5) is 0 Å². The Morgan fingerprint density at radius 2 is 1.72 bits per heavy atom. The van der Waals surface area contributed by atoms with E-state index in [0.29, 0.717) is 18.7 Å². The molecule has 4 heteroatoms. The van der Waals surface area contributed by atoms with Crippen LogP contribution in [0.3, 0.4) is 0 Å². The smallest absolute Gasteiger partial charge is 0.251 e. The van der Waals surface area contributed by atoms with Gasteiger partial charge in [-0.1, -0.05) is 54.6 Å². The van der Waals surface area contributed by atoms with E-state index in [2.05, 4.69) is 25.2 Å². The molecular weight excluding hydrogens is 362 g/mol. The Labute approximate surface area is 171 Å². The molecule has 148 valence electrons. The van der Waals surface area contributed by atoms with Gasteiger partial charge in [0.05, 0.1) is 0 Å². The minimum absolute atomic E-state index is 0.0853. The molecule has 1 N–H and O–H groups in total. The van der Waals surface area contributed by atoms with Gasteiger partial charge in [-0.05, 0) is 43.2 Å². The molecule has 0 atom stereocenters. The van der Waals surface area contributed by atoms with Crippen LogP contribution >= 0.6 is 0 Å². The lowest BCUT2D eigenvalue weighted by Gasteiger charge is -2.18. The van der Waals surface area contributed by atoms with Crippen molar-refractivity contribution in [3.63, 3.8) is 0 Å². The molecule has 1 heterocycles. The Hall–Kier alpha value is -3.27. The Morgan fingerprint density at radius 1 is 0.966 bits per heavy atom. The van der Waals surface area contributed by atoms with Crippen LogP contribution in [0.2, 0.25) is 0 Å². The number of ether oxygens (including phenoxy) is 2. The van der Waals surface area contributed by atoms with Gasteiger partial charge >= 0.3 is 0 Å². The van der Waals surface area contributed by atoms with Crippen molar-refractivity contribution < 1.29 is 14.3 Å². The molecule has 0 radical (unpaired) electrons. The van der Waals surface area contributed by atoms with Crippen molar-refractivity contribution in [2.45, 2.75) is 39.0 Å². The third-order valence-corrected chi connectivity index (χ3v) is 4.96. The maximum absolute atomic E-state index is 12.3. The third-order valence-electron chi connectivity index (χ3n) is 4.96. The van der Waals surface area contributed by atoms with Gasteiger partial charge in [-0.3, -0.25) is 4.79 Å². The molecule has 0 saturated carbocycles. The number of hydrogen-bond donors (Lipinski definition) is 1. The number of fused-ring (bicyclic) bond motifs is 1. The zero-order valence-corrected chi connectivity index (χ0v) is 16.8. The summed E-state index contributed by atoms with van der Waals surface area (Å²) in [7, 11) is 0. The van der Waals surface area contributed by atoms with Crippen LogP contribution in [0, 0.1) is 0 Å². The van der Waals surface area contributed by atoms with Crippen LogP contribution in [0.5, 0.6) is 11.5 Å². The van der Waals surface area contributed by atoms with E-state index in [9.17, 15) is 4.79 Å². The maximum Gasteiger partial charge on any atom is 0.251 e. The highest BCUT2D eigenvalue weighted by Gasteiger charge is 2.32. The molecule has 4 rings (SSSR count). The van der Waals surface area contributed by atoms with E-state index >= 15 is 0 Å². The molecule has 1 aliphatic rings. The summed E-state index contributed by atoms with van der Waals surface area (Å²) in [6, 6.07) is 23.4. The minimum atomic E-state index is -0.198. The highest BCUT2D eigenvalue weighted by atomic mass is 16.5. The topological polar surface area (TPSA) is 47.6 Å². The largest absolute Gasteiger partial charge is 0.485 e. The normalized spacial score (nSPS) is 14.0. The molecule has 0 aliphatic carbocycles. The van der Waals surface area contributed by atoms with Gasteiger partial charge < -0.3 is 14.8 Å². The maximum atomic E-state index is 12.3. The number of rotatable bonds is 6. The summed E-state index contributed by atoms with van der Waals surface area (Å²) in [5, 5.41) is 2.94. The van der Waals surface area contributed by atoms with Crippen molar-refractivity contribution in [3.05, 3.63) is 95.1 Å². The number of hydrogen-bond acceptors (Lipinski definition) is 3. The van der Waals surface area contributed by atoms with Crippen LogP contribution in [-0.2, 0) is 19.6 Å². The van der Waals surface area contributed by atoms with E-state index in [0.717, 1.165) is 29.0 Å². The van der Waals surface area contributed by atoms with Crippen LogP contribution in [0.1, 0.15) is 40.9 Å². The summed E-state index contributed by atoms with van der Waals surface area (Å²) in [5.41, 5.74) is 3.69. The van der Waals surface area contributed by atoms with Gasteiger partial charge in [-0.25, -0.2) is 0 Å². The summed E-state index contributed by atoms with van der Waals surface area (Å²) in [6.07, 6.45) is 0.881. The lowest BCUT2D eigenvalue weighted by atomic mass is 10.0. The van der Waals surface area contributed by atoms with Gasteiger partial charge in [0.1, 0.15) is 12.2 Å². The number of nitrogens with one attached hydrogen (secondary N) is 1. The Kier molecular flexibility index (Phi) is 5.26. The van der Waals surface area contributed by atoms with E-state index in [4.69, 9.17) is 9.47 Å². The van der Waals surface area contributed by atoms with E-state index < -0.39 is 0 Å². The first-order chi connectivity index (χ1) is 14.0. The summed E-state index contributed by atoms with van der Waals surface area (Å²) in [6.45, 7) is 5.10. The standard InChI is InChI=1S/C25H25NO3/c1-25(2)15-21-9-6-10-22(23(21)29-25)28-17-19-11-13-20(14-12-19)24(27)26-16-18-7-4-3-5-8-18/h3-14H,15-17H2,1-2H3,(H,26,27). The molecule has 1 aliphatic heterocycles. The molecule has 29 heavy (non-hydrogen) atoms. The van der Waals surface area contributed by atoms with Crippen LogP contribution in [0.25, 0.3) is 0 Å². The molecule has 0 unspecified atom stereocenters. The summed E-state index contributed by atoms with van der Waals surface area (Å²) < 4.78 is 12.1. The molecule has 0 spiro atoms. The van der Waals surface area contributed by atoms with Crippen molar-refractivity contribution in [3.8, 4) is 11.5 Å². The van der Waals surface area contributed by atoms with Crippen molar-refractivity contribution in [2.24, 2.45) is 0 Å². The fourth-order valence-corrected chi connectivity index (χ4v) is 3.49. The molecule has 3 aromatic rings. The van der Waals surface area contributed by atoms with Crippen LogP contribution in [-0.4, -0.2) is 11.5 Å². The first kappa shape index (κ1) is 19.1. The SMILES string of the molecule is CC1(C)Cc2cccc(OCc3ccc(C(=O)NCc4ccccc4)cc3)c2O1. The van der Waals surface area contributed by atoms with Crippen LogP contribution in [0.15, 0.2) is 72.8 Å². The number of carbonyl (C=O) groups excluding carboxylic acids is 1. The van der Waals surface area contributed by atoms with Gasteiger partial charge in [-0.2, -0.15) is 0 Å². The Balaban J connectivity index is 1.35. The Morgan fingerprint density at radius 3 is 2.48 bits per heavy atom. The van der Waals surface area contributed by atoms with Crippen molar-refractivity contribution in [1.29, 1.82) is 0 Å². The second kappa shape index (κ2) is 8.00. The third kappa shape index (κ3) is 4.60. The molecule has 0 aromatic heterocycles. The lowest BCUT2D eigenvalue weighted by molar-refractivity contribution is 0.0951. The summed E-state index contributed by atoms with van der Waals surface area (Å²) in [4.78, 5) is 12.3. The predicted octanol–water partition coefficient (Wildman–Crippen LogP) is 4.91. The van der Waals surface area contributed by atoms with E-state index in [-0.39, 0.29) is 11.5 Å². The molecule has 0 fully saturated rings. The molecular formula is C25H25NO3. The van der Waals surface area contributed by atoms with Gasteiger partial charge in [0.25, 0.3) is 5.91 Å². The molecule has 0 saturated heterocycles. The first-order valence-electron chi connectivity index (χ1n) is 9.85. The molecule has 1 amide bonds. The quantitative estimate of drug-likeness (QED) is 0.654. The highest BCUT2D eigenvalue weighted by molar-refractivity contribution is 5.94. The number of carbonyl (C=O) groups is 1. The average molecular weight is 387 g/mol. The zero-order valence-electron chi connectivity index (χ0n) is 16.8. The van der Waals surface area contributed by atoms with Crippen LogP contribution < -0.4 is 14.8 Å². The monoisotopic (exact) mass is 387 g/mol. The lowest BCUT2D eigenvalue weighted by Crippen LogP contribution is -2.24. The molecule has 3 aromatic carbocycles. The van der Waals surface area contributed by atoms with Gasteiger partial charge in [0, 0.05) is 24.1 Å². The minimum Gasteiger partial charge on any atom is -0.485 e. The molecule has 0 bridgehead atoms. The second-order valence-electron chi connectivity index (χ2n) is 7.94. The van der Waals surface area contributed by atoms with Crippen molar-refractivity contribution >= 4 is 5.91 Å².